The number of halogens is 1. The van der Waals surface area contributed by atoms with Crippen molar-refractivity contribution in [2.75, 3.05) is 12.3 Å². The lowest BCUT2D eigenvalue weighted by molar-refractivity contribution is 0.0744. The first-order valence-corrected chi connectivity index (χ1v) is 6.23. The number of amides is 1. The Morgan fingerprint density at radius 3 is 2.71 bits per heavy atom. The van der Waals surface area contributed by atoms with E-state index in [1.54, 1.807) is 18.2 Å². The van der Waals surface area contributed by atoms with Crippen LogP contribution in [0, 0.1) is 5.92 Å². The van der Waals surface area contributed by atoms with Crippen molar-refractivity contribution in [3.05, 3.63) is 28.8 Å². The molecule has 0 spiro atoms. The first-order chi connectivity index (χ1) is 7.99. The van der Waals surface area contributed by atoms with E-state index in [1.807, 2.05) is 4.90 Å². The highest BCUT2D eigenvalue weighted by atomic mass is 35.5. The van der Waals surface area contributed by atoms with Crippen LogP contribution in [0.25, 0.3) is 0 Å². The topological polar surface area (TPSA) is 46.3 Å². The molecular formula is C13H17ClN2O. The Kier molecular flexibility index (Phi) is 3.29. The van der Waals surface area contributed by atoms with Crippen LogP contribution in [0.4, 0.5) is 5.69 Å². The molecule has 0 bridgehead atoms. The zero-order chi connectivity index (χ0) is 12.6. The highest BCUT2D eigenvalue weighted by molar-refractivity contribution is 6.34. The SMILES string of the molecule is CC1CC(C)N(C(=O)c2ccc(N)cc2Cl)C1. The lowest BCUT2D eigenvalue weighted by atomic mass is 10.1. The first kappa shape index (κ1) is 12.2. The van der Waals surface area contributed by atoms with Crippen molar-refractivity contribution in [3.63, 3.8) is 0 Å². The summed E-state index contributed by atoms with van der Waals surface area (Å²) in [6.45, 7) is 5.04. The number of rotatable bonds is 1. The highest BCUT2D eigenvalue weighted by Gasteiger charge is 2.31. The fourth-order valence-electron chi connectivity index (χ4n) is 2.44. The fourth-order valence-corrected chi connectivity index (χ4v) is 2.71. The molecule has 3 nitrogen and oxygen atoms in total. The number of nitrogen functional groups attached to an aromatic ring is 1. The minimum atomic E-state index is 0.00634. The van der Waals surface area contributed by atoms with Crippen molar-refractivity contribution in [1.29, 1.82) is 0 Å². The van der Waals surface area contributed by atoms with E-state index in [1.165, 1.54) is 0 Å². The van der Waals surface area contributed by atoms with Crippen LogP contribution in [0.3, 0.4) is 0 Å². The predicted molar refractivity (Wildman–Crippen MR) is 70.1 cm³/mol. The number of carbonyl (C=O) groups is 1. The summed E-state index contributed by atoms with van der Waals surface area (Å²) in [5.74, 6) is 0.563. The van der Waals surface area contributed by atoms with Gasteiger partial charge < -0.3 is 10.6 Å². The van der Waals surface area contributed by atoms with Gasteiger partial charge in [0.05, 0.1) is 10.6 Å². The van der Waals surface area contributed by atoms with Crippen molar-refractivity contribution in [1.82, 2.24) is 4.90 Å². The van der Waals surface area contributed by atoms with E-state index in [9.17, 15) is 4.79 Å². The molecule has 0 radical (unpaired) electrons. The van der Waals surface area contributed by atoms with E-state index < -0.39 is 0 Å². The lowest BCUT2D eigenvalue weighted by Gasteiger charge is -2.22. The minimum Gasteiger partial charge on any atom is -0.399 e. The molecule has 1 aliphatic rings. The Hall–Kier alpha value is -1.22. The number of nitrogens with two attached hydrogens (primary N) is 1. The molecule has 1 aromatic rings. The van der Waals surface area contributed by atoms with E-state index in [0.717, 1.165) is 13.0 Å². The van der Waals surface area contributed by atoms with Gasteiger partial charge in [-0.05, 0) is 37.5 Å². The van der Waals surface area contributed by atoms with E-state index >= 15 is 0 Å². The van der Waals surface area contributed by atoms with Gasteiger partial charge in [0.1, 0.15) is 0 Å². The monoisotopic (exact) mass is 252 g/mol. The molecule has 1 aromatic carbocycles. The van der Waals surface area contributed by atoms with Crippen LogP contribution in [-0.2, 0) is 0 Å². The summed E-state index contributed by atoms with van der Waals surface area (Å²) in [4.78, 5) is 14.2. The van der Waals surface area contributed by atoms with Gasteiger partial charge in [-0.25, -0.2) is 0 Å². The smallest absolute Gasteiger partial charge is 0.255 e. The largest absolute Gasteiger partial charge is 0.399 e. The normalized spacial score (nSPS) is 24.1. The van der Waals surface area contributed by atoms with Gasteiger partial charge in [0.25, 0.3) is 5.91 Å². The second-order valence-electron chi connectivity index (χ2n) is 4.89. The van der Waals surface area contributed by atoms with Gasteiger partial charge >= 0.3 is 0 Å². The van der Waals surface area contributed by atoms with Crippen molar-refractivity contribution in [3.8, 4) is 0 Å². The summed E-state index contributed by atoms with van der Waals surface area (Å²) >= 11 is 6.06. The number of carbonyl (C=O) groups excluding carboxylic acids is 1. The Morgan fingerprint density at radius 1 is 1.47 bits per heavy atom. The van der Waals surface area contributed by atoms with E-state index in [-0.39, 0.29) is 11.9 Å². The van der Waals surface area contributed by atoms with Gasteiger partial charge in [0.2, 0.25) is 0 Å². The molecule has 1 saturated heterocycles. The standard InChI is InChI=1S/C13H17ClN2O/c1-8-5-9(2)16(7-8)13(17)11-4-3-10(15)6-12(11)14/h3-4,6,8-9H,5,7,15H2,1-2H3. The average molecular weight is 253 g/mol. The molecule has 1 heterocycles. The zero-order valence-corrected chi connectivity index (χ0v) is 10.9. The minimum absolute atomic E-state index is 0.00634. The Labute approximate surface area is 107 Å². The summed E-state index contributed by atoms with van der Waals surface area (Å²) in [6, 6.07) is 5.32. The molecule has 1 amide bonds. The predicted octanol–water partition coefficient (Wildman–Crippen LogP) is 2.79. The zero-order valence-electron chi connectivity index (χ0n) is 10.1. The first-order valence-electron chi connectivity index (χ1n) is 5.85. The maximum absolute atomic E-state index is 12.3. The number of benzene rings is 1. The molecule has 92 valence electrons. The van der Waals surface area contributed by atoms with Crippen LogP contribution >= 0.6 is 11.6 Å². The van der Waals surface area contributed by atoms with Gasteiger partial charge in [0, 0.05) is 18.3 Å². The van der Waals surface area contributed by atoms with Gasteiger partial charge in [0.15, 0.2) is 0 Å². The van der Waals surface area contributed by atoms with Crippen molar-refractivity contribution in [2.24, 2.45) is 5.92 Å². The van der Waals surface area contributed by atoms with Crippen LogP contribution in [-0.4, -0.2) is 23.4 Å². The number of likely N-dealkylation sites (tertiary alicyclic amines) is 1. The van der Waals surface area contributed by atoms with E-state index in [2.05, 4.69) is 13.8 Å². The van der Waals surface area contributed by atoms with Gasteiger partial charge in [-0.15, -0.1) is 0 Å². The third-order valence-corrected chi connectivity index (χ3v) is 3.58. The number of nitrogens with zero attached hydrogens (tertiary/aromatic N) is 1. The summed E-state index contributed by atoms with van der Waals surface area (Å²) in [5.41, 5.74) is 6.74. The van der Waals surface area contributed by atoms with Gasteiger partial charge in [-0.1, -0.05) is 18.5 Å². The molecule has 0 aliphatic carbocycles. The lowest BCUT2D eigenvalue weighted by Crippen LogP contribution is -2.34. The van der Waals surface area contributed by atoms with Crippen molar-refractivity contribution in [2.45, 2.75) is 26.3 Å². The van der Waals surface area contributed by atoms with Crippen LogP contribution in [0.1, 0.15) is 30.6 Å². The van der Waals surface area contributed by atoms with E-state index in [0.29, 0.717) is 22.2 Å². The maximum Gasteiger partial charge on any atom is 0.255 e. The van der Waals surface area contributed by atoms with Crippen molar-refractivity contribution < 1.29 is 4.79 Å². The maximum atomic E-state index is 12.3. The molecule has 0 aromatic heterocycles. The second kappa shape index (κ2) is 4.57. The van der Waals surface area contributed by atoms with E-state index in [4.69, 9.17) is 17.3 Å². The van der Waals surface area contributed by atoms with Crippen LogP contribution < -0.4 is 5.73 Å². The van der Waals surface area contributed by atoms with Crippen LogP contribution in [0.2, 0.25) is 5.02 Å². The molecule has 2 atom stereocenters. The molecule has 2 rings (SSSR count). The Morgan fingerprint density at radius 2 is 2.18 bits per heavy atom. The molecule has 2 unspecified atom stereocenters. The summed E-state index contributed by atoms with van der Waals surface area (Å²) in [5, 5.41) is 0.432. The van der Waals surface area contributed by atoms with Gasteiger partial charge in [-0.3, -0.25) is 4.79 Å². The average Bonchev–Trinajstić information content (AvgIpc) is 2.57. The molecule has 0 saturated carbocycles. The molecule has 1 fully saturated rings. The van der Waals surface area contributed by atoms with Crippen molar-refractivity contribution >= 4 is 23.2 Å². The summed E-state index contributed by atoms with van der Waals surface area (Å²) < 4.78 is 0. The van der Waals surface area contributed by atoms with Gasteiger partial charge in [-0.2, -0.15) is 0 Å². The number of anilines is 1. The molecular weight excluding hydrogens is 236 g/mol. The molecule has 4 heteroatoms. The van der Waals surface area contributed by atoms with Crippen LogP contribution in [0.15, 0.2) is 18.2 Å². The summed E-state index contributed by atoms with van der Waals surface area (Å²) in [7, 11) is 0. The molecule has 2 N–H and O–H groups in total. The quantitative estimate of drug-likeness (QED) is 0.782. The summed E-state index contributed by atoms with van der Waals surface area (Å²) in [6.07, 6.45) is 1.05. The fraction of sp³-hybridized carbons (Fsp3) is 0.462. The number of hydrogen-bond acceptors (Lipinski definition) is 2. The Bertz CT molecular complexity index is 447. The third-order valence-electron chi connectivity index (χ3n) is 3.27. The highest BCUT2D eigenvalue weighted by Crippen LogP contribution is 2.27. The van der Waals surface area contributed by atoms with Crippen LogP contribution in [0.5, 0.6) is 0 Å². The Balaban J connectivity index is 2.25. The third kappa shape index (κ3) is 2.39. The second-order valence-corrected chi connectivity index (χ2v) is 5.29. The number of hydrogen-bond donors (Lipinski definition) is 1. The molecule has 1 aliphatic heterocycles. The molecule has 17 heavy (non-hydrogen) atoms.